The zero-order valence-corrected chi connectivity index (χ0v) is 17.1. The first kappa shape index (κ1) is 21.7. The summed E-state index contributed by atoms with van der Waals surface area (Å²) in [5, 5.41) is 40.0. The first-order chi connectivity index (χ1) is 14.9. The van der Waals surface area contributed by atoms with Crippen molar-refractivity contribution in [3.8, 4) is 11.5 Å². The lowest BCUT2D eigenvalue weighted by Crippen LogP contribution is -2.55. The van der Waals surface area contributed by atoms with Crippen LogP contribution in [0.3, 0.4) is 0 Å². The molecule has 1 fully saturated rings. The van der Waals surface area contributed by atoms with Gasteiger partial charge in [-0.3, -0.25) is 4.79 Å². The van der Waals surface area contributed by atoms with Crippen LogP contribution in [-0.4, -0.2) is 70.9 Å². The Morgan fingerprint density at radius 2 is 1.87 bits per heavy atom. The van der Waals surface area contributed by atoms with Gasteiger partial charge in [-0.25, -0.2) is 0 Å². The number of aliphatic hydroxyl groups is 4. The SMILES string of the molecule is COc1ccc([C@@H]2O[C@H](CO)[C@@H](O)[C@H](O)[C@H]2O)cc1Cc1ccc2c(c1)OCC(=O)C2. The highest BCUT2D eigenvalue weighted by Crippen LogP contribution is 2.35. The van der Waals surface area contributed by atoms with E-state index >= 15 is 0 Å². The molecule has 0 bridgehead atoms. The monoisotopic (exact) mass is 430 g/mol. The number of ketones is 1. The van der Waals surface area contributed by atoms with Crippen LogP contribution in [0, 0.1) is 0 Å². The largest absolute Gasteiger partial charge is 0.496 e. The molecule has 2 heterocycles. The topological polar surface area (TPSA) is 126 Å². The van der Waals surface area contributed by atoms with Gasteiger partial charge in [-0.2, -0.15) is 0 Å². The van der Waals surface area contributed by atoms with Crippen LogP contribution in [0.5, 0.6) is 11.5 Å². The number of ether oxygens (including phenoxy) is 3. The zero-order valence-electron chi connectivity index (χ0n) is 17.1. The minimum atomic E-state index is -1.44. The fraction of sp³-hybridized carbons (Fsp3) is 0.435. The van der Waals surface area contributed by atoms with Gasteiger partial charge in [0.2, 0.25) is 0 Å². The molecular weight excluding hydrogens is 404 g/mol. The normalized spacial score (nSPS) is 28.0. The molecule has 4 N–H and O–H groups in total. The molecule has 5 atom stereocenters. The third kappa shape index (κ3) is 4.30. The Morgan fingerprint density at radius 1 is 1.06 bits per heavy atom. The van der Waals surface area contributed by atoms with Crippen molar-refractivity contribution in [2.45, 2.75) is 43.4 Å². The summed E-state index contributed by atoms with van der Waals surface area (Å²) in [4.78, 5) is 11.6. The highest BCUT2D eigenvalue weighted by atomic mass is 16.5. The molecule has 0 saturated carbocycles. The number of carbonyl (C=O) groups excluding carboxylic acids is 1. The van der Waals surface area contributed by atoms with E-state index in [4.69, 9.17) is 14.2 Å². The van der Waals surface area contributed by atoms with Gasteiger partial charge in [0.25, 0.3) is 0 Å². The molecule has 2 aliphatic rings. The minimum Gasteiger partial charge on any atom is -0.496 e. The van der Waals surface area contributed by atoms with Crippen LogP contribution >= 0.6 is 0 Å². The van der Waals surface area contributed by atoms with Crippen molar-refractivity contribution in [1.29, 1.82) is 0 Å². The van der Waals surface area contributed by atoms with Gasteiger partial charge in [-0.1, -0.05) is 18.2 Å². The van der Waals surface area contributed by atoms with Crippen molar-refractivity contribution >= 4 is 5.78 Å². The van der Waals surface area contributed by atoms with Crippen LogP contribution < -0.4 is 9.47 Å². The van der Waals surface area contributed by atoms with Gasteiger partial charge in [0, 0.05) is 18.4 Å². The zero-order chi connectivity index (χ0) is 22.1. The Balaban J connectivity index is 1.62. The van der Waals surface area contributed by atoms with Gasteiger partial charge >= 0.3 is 0 Å². The molecule has 4 rings (SSSR count). The van der Waals surface area contributed by atoms with Crippen molar-refractivity contribution in [1.82, 2.24) is 0 Å². The second kappa shape index (κ2) is 8.94. The van der Waals surface area contributed by atoms with E-state index in [-0.39, 0.29) is 12.4 Å². The van der Waals surface area contributed by atoms with Crippen LogP contribution in [0.25, 0.3) is 0 Å². The molecule has 8 heteroatoms. The Kier molecular flexibility index (Phi) is 6.27. The number of fused-ring (bicyclic) bond motifs is 1. The van der Waals surface area contributed by atoms with E-state index in [9.17, 15) is 25.2 Å². The van der Waals surface area contributed by atoms with Gasteiger partial charge < -0.3 is 34.6 Å². The maximum atomic E-state index is 11.6. The smallest absolute Gasteiger partial charge is 0.174 e. The summed E-state index contributed by atoms with van der Waals surface area (Å²) in [7, 11) is 1.56. The molecule has 0 spiro atoms. The molecule has 2 aromatic rings. The van der Waals surface area contributed by atoms with Crippen molar-refractivity contribution in [3.05, 3.63) is 58.7 Å². The van der Waals surface area contributed by atoms with Gasteiger partial charge in [0.1, 0.15) is 48.6 Å². The van der Waals surface area contributed by atoms with Crippen LogP contribution in [0.2, 0.25) is 0 Å². The first-order valence-electron chi connectivity index (χ1n) is 10.1. The number of aliphatic hydroxyl groups excluding tert-OH is 4. The average molecular weight is 430 g/mol. The third-order valence-corrected chi connectivity index (χ3v) is 5.83. The highest BCUT2D eigenvalue weighted by Gasteiger charge is 2.44. The highest BCUT2D eigenvalue weighted by molar-refractivity contribution is 5.84. The number of methoxy groups -OCH3 is 1. The fourth-order valence-corrected chi connectivity index (χ4v) is 4.12. The van der Waals surface area contributed by atoms with Crippen LogP contribution in [0.15, 0.2) is 36.4 Å². The quantitative estimate of drug-likeness (QED) is 0.534. The van der Waals surface area contributed by atoms with Crippen molar-refractivity contribution < 1.29 is 39.4 Å². The summed E-state index contributed by atoms with van der Waals surface area (Å²) in [5.74, 6) is 1.39. The number of rotatable bonds is 5. The lowest BCUT2D eigenvalue weighted by Gasteiger charge is -2.40. The van der Waals surface area contributed by atoms with Crippen LogP contribution in [0.1, 0.15) is 28.4 Å². The average Bonchev–Trinajstić information content (AvgIpc) is 2.78. The summed E-state index contributed by atoms with van der Waals surface area (Å²) in [6, 6.07) is 11.0. The molecular formula is C23H26O8. The molecule has 0 aliphatic carbocycles. The lowest BCUT2D eigenvalue weighted by molar-refractivity contribution is -0.231. The molecule has 2 aromatic carbocycles. The number of hydrogen-bond donors (Lipinski definition) is 4. The third-order valence-electron chi connectivity index (χ3n) is 5.83. The summed E-state index contributed by atoms with van der Waals surface area (Å²) >= 11 is 0. The van der Waals surface area contributed by atoms with E-state index in [1.54, 1.807) is 19.2 Å². The van der Waals surface area contributed by atoms with E-state index in [1.807, 2.05) is 24.3 Å². The van der Waals surface area contributed by atoms with Gasteiger partial charge in [-0.05, 0) is 34.9 Å². The summed E-state index contributed by atoms with van der Waals surface area (Å²) in [6.45, 7) is -0.408. The maximum absolute atomic E-state index is 11.6. The minimum absolute atomic E-state index is 0.0501. The van der Waals surface area contributed by atoms with E-state index in [2.05, 4.69) is 0 Å². The molecule has 166 valence electrons. The van der Waals surface area contributed by atoms with E-state index in [0.29, 0.717) is 29.9 Å². The standard InChI is InChI=1S/C23H26O8/c1-29-17-5-4-14(23-22(28)21(27)20(26)19(10-24)31-23)8-15(17)6-12-2-3-13-9-16(25)11-30-18(13)7-12/h2-5,7-8,19-24,26-28H,6,9-11H2,1H3/t19-,20-,21+,22-,23+/m1/s1. The molecule has 0 unspecified atom stereocenters. The van der Waals surface area contributed by atoms with Gasteiger partial charge in [-0.15, -0.1) is 0 Å². The Labute approximate surface area is 179 Å². The molecule has 31 heavy (non-hydrogen) atoms. The second-order valence-corrected chi connectivity index (χ2v) is 7.94. The molecule has 0 amide bonds. The Morgan fingerprint density at radius 3 is 2.61 bits per heavy atom. The summed E-state index contributed by atoms with van der Waals surface area (Å²) in [6.07, 6.45) is -5.23. The molecule has 0 radical (unpaired) electrons. The predicted octanol–water partition coefficient (Wildman–Crippen LogP) is 0.305. The number of hydrogen-bond acceptors (Lipinski definition) is 8. The second-order valence-electron chi connectivity index (χ2n) is 7.94. The summed E-state index contributed by atoms with van der Waals surface area (Å²) < 4.78 is 16.7. The van der Waals surface area contributed by atoms with Gasteiger partial charge in [0.15, 0.2) is 5.78 Å². The fourth-order valence-electron chi connectivity index (χ4n) is 4.12. The first-order valence-corrected chi connectivity index (χ1v) is 10.1. The predicted molar refractivity (Wildman–Crippen MR) is 109 cm³/mol. The van der Waals surface area contributed by atoms with E-state index in [1.165, 1.54) is 0 Å². The number of Topliss-reactive ketones (excluding diaryl/α,β-unsaturated/α-hetero) is 1. The van der Waals surface area contributed by atoms with Crippen LogP contribution in [0.4, 0.5) is 0 Å². The van der Waals surface area contributed by atoms with Crippen molar-refractivity contribution in [3.63, 3.8) is 0 Å². The molecule has 2 aliphatic heterocycles. The number of benzene rings is 2. The summed E-state index contributed by atoms with van der Waals surface area (Å²) in [5.41, 5.74) is 3.23. The van der Waals surface area contributed by atoms with Gasteiger partial charge in [0.05, 0.1) is 13.7 Å². The molecule has 1 saturated heterocycles. The molecule has 0 aromatic heterocycles. The molecule has 8 nitrogen and oxygen atoms in total. The van der Waals surface area contributed by atoms with Crippen molar-refractivity contribution in [2.75, 3.05) is 20.3 Å². The maximum Gasteiger partial charge on any atom is 0.174 e. The Hall–Kier alpha value is -2.49. The van der Waals surface area contributed by atoms with E-state index < -0.39 is 37.1 Å². The van der Waals surface area contributed by atoms with Crippen LogP contribution in [-0.2, 0) is 22.4 Å². The lowest BCUT2D eigenvalue weighted by atomic mass is 9.89. The Bertz CT molecular complexity index is 957. The van der Waals surface area contributed by atoms with E-state index in [0.717, 1.165) is 16.7 Å². The van der Waals surface area contributed by atoms with Crippen molar-refractivity contribution in [2.24, 2.45) is 0 Å². The number of carbonyl (C=O) groups is 1.